The molecule has 0 aliphatic carbocycles. The molecule has 2 aliphatic rings. The van der Waals surface area contributed by atoms with E-state index in [1.807, 2.05) is 33.9 Å². The number of nitrogens with zero attached hydrogens (tertiary/aromatic N) is 3. The number of aromatic nitrogens is 2. The van der Waals surface area contributed by atoms with Crippen LogP contribution in [0.4, 0.5) is 13.2 Å². The van der Waals surface area contributed by atoms with Gasteiger partial charge in [-0.2, -0.15) is 18.3 Å². The number of hydrogen-bond donors (Lipinski definition) is 0. The Kier molecular flexibility index (Phi) is 4.63. The van der Waals surface area contributed by atoms with E-state index in [1.54, 1.807) is 10.9 Å². The summed E-state index contributed by atoms with van der Waals surface area (Å²) in [5, 5.41) is 4.33. The smallest absolute Gasteiger partial charge is 0.399 e. The summed E-state index contributed by atoms with van der Waals surface area (Å²) in [4.78, 5) is 12.2. The Labute approximate surface area is 150 Å². The number of alkyl halides is 3. The van der Waals surface area contributed by atoms with Gasteiger partial charge >= 0.3 is 19.2 Å². The molecule has 0 radical (unpaired) electrons. The number of carbonyl (C=O) groups is 1. The quantitative estimate of drug-likeness (QED) is 0.744. The summed E-state index contributed by atoms with van der Waals surface area (Å²) in [6.45, 7) is 7.98. The van der Waals surface area contributed by atoms with E-state index in [0.717, 1.165) is 10.4 Å². The number of halogens is 3. The highest BCUT2D eigenvalue weighted by molar-refractivity contribution is 6.62. The van der Waals surface area contributed by atoms with Gasteiger partial charge in [0, 0.05) is 30.9 Å². The minimum Gasteiger partial charge on any atom is -0.399 e. The minimum atomic E-state index is -4.82. The molecule has 0 spiro atoms. The highest BCUT2D eigenvalue weighted by Gasteiger charge is 2.52. The molecular weight excluding hydrogens is 350 g/mol. The van der Waals surface area contributed by atoms with Crippen molar-refractivity contribution in [1.29, 1.82) is 0 Å². The first-order chi connectivity index (χ1) is 11.9. The second-order valence-corrected chi connectivity index (χ2v) is 7.86. The monoisotopic (exact) mass is 373 g/mol. The van der Waals surface area contributed by atoms with Crippen molar-refractivity contribution in [2.75, 3.05) is 13.1 Å². The molecule has 6 nitrogen and oxygen atoms in total. The lowest BCUT2D eigenvalue weighted by molar-refractivity contribution is -0.186. The Hall–Kier alpha value is -1.55. The Balaban J connectivity index is 1.63. The molecule has 2 fully saturated rings. The van der Waals surface area contributed by atoms with Gasteiger partial charge in [-0.3, -0.25) is 9.48 Å². The van der Waals surface area contributed by atoms with E-state index in [1.165, 1.54) is 0 Å². The van der Waals surface area contributed by atoms with Gasteiger partial charge in [-0.1, -0.05) is 0 Å². The standard InChI is InChI=1S/C16H23BF3N3O3/c1-14(2)15(3,4)26-17(25-14)11-9-21-23(10-11)12-5-7-22(8-6-12)13(24)16(18,19)20/h9-10,12H,5-8H2,1-4H3. The van der Waals surface area contributed by atoms with Crippen LogP contribution in [0.3, 0.4) is 0 Å². The summed E-state index contributed by atoms with van der Waals surface area (Å²) < 4.78 is 51.3. The Morgan fingerprint density at radius 2 is 1.73 bits per heavy atom. The van der Waals surface area contributed by atoms with Crippen molar-refractivity contribution < 1.29 is 27.3 Å². The average Bonchev–Trinajstić information content (AvgIpc) is 3.09. The number of likely N-dealkylation sites (tertiary alicyclic amines) is 1. The topological polar surface area (TPSA) is 56.6 Å². The number of amides is 1. The zero-order chi connectivity index (χ0) is 19.3. The van der Waals surface area contributed by atoms with Crippen LogP contribution in [0.15, 0.2) is 12.4 Å². The van der Waals surface area contributed by atoms with Gasteiger partial charge in [0.15, 0.2) is 0 Å². The summed E-state index contributed by atoms with van der Waals surface area (Å²) in [6, 6.07) is -0.0524. The van der Waals surface area contributed by atoms with Crippen molar-refractivity contribution in [2.45, 2.75) is 64.0 Å². The maximum atomic E-state index is 12.5. The van der Waals surface area contributed by atoms with Crippen LogP contribution in [-0.4, -0.2) is 58.2 Å². The molecule has 1 aromatic heterocycles. The van der Waals surface area contributed by atoms with Crippen LogP contribution >= 0.6 is 0 Å². The molecule has 0 saturated carbocycles. The molecule has 1 amide bonds. The van der Waals surface area contributed by atoms with Crippen LogP contribution in [0, 0.1) is 0 Å². The van der Waals surface area contributed by atoms with Crippen LogP contribution < -0.4 is 5.46 Å². The first-order valence-corrected chi connectivity index (χ1v) is 8.66. The lowest BCUT2D eigenvalue weighted by Crippen LogP contribution is -2.45. The van der Waals surface area contributed by atoms with Crippen molar-refractivity contribution in [3.8, 4) is 0 Å². The van der Waals surface area contributed by atoms with E-state index in [2.05, 4.69) is 5.10 Å². The highest BCUT2D eigenvalue weighted by Crippen LogP contribution is 2.36. The Morgan fingerprint density at radius 3 is 2.23 bits per heavy atom. The lowest BCUT2D eigenvalue weighted by atomic mass is 9.82. The predicted octanol–water partition coefficient (Wildman–Crippen LogP) is 1.91. The summed E-state index contributed by atoms with van der Waals surface area (Å²) in [6.07, 6.45) is -0.496. The largest absolute Gasteiger partial charge is 0.498 e. The number of hydrogen-bond acceptors (Lipinski definition) is 4. The van der Waals surface area contributed by atoms with E-state index >= 15 is 0 Å². The fourth-order valence-electron chi connectivity index (χ4n) is 3.17. The molecule has 3 rings (SSSR count). The van der Waals surface area contributed by atoms with Crippen molar-refractivity contribution in [2.24, 2.45) is 0 Å². The third kappa shape index (κ3) is 3.49. The van der Waals surface area contributed by atoms with Crippen LogP contribution in [0.25, 0.3) is 0 Å². The van der Waals surface area contributed by atoms with E-state index in [0.29, 0.717) is 12.8 Å². The van der Waals surface area contributed by atoms with Gasteiger partial charge in [0.2, 0.25) is 0 Å². The SMILES string of the molecule is CC1(C)OB(c2cnn(C3CCN(C(=O)C(F)(F)F)CC3)c2)OC1(C)C. The minimum absolute atomic E-state index is 0.0524. The van der Waals surface area contributed by atoms with Gasteiger partial charge in [0.1, 0.15) is 0 Å². The molecule has 10 heteroatoms. The van der Waals surface area contributed by atoms with Crippen LogP contribution in [0.1, 0.15) is 46.6 Å². The maximum absolute atomic E-state index is 12.5. The summed E-state index contributed by atoms with van der Waals surface area (Å²) >= 11 is 0. The molecule has 0 unspecified atom stereocenters. The van der Waals surface area contributed by atoms with Crippen molar-refractivity contribution in [3.63, 3.8) is 0 Å². The molecule has 0 aromatic carbocycles. The fraction of sp³-hybridized carbons (Fsp3) is 0.750. The summed E-state index contributed by atoms with van der Waals surface area (Å²) in [5.74, 6) is -1.77. The van der Waals surface area contributed by atoms with Gasteiger partial charge in [-0.15, -0.1) is 0 Å². The molecule has 3 heterocycles. The fourth-order valence-corrected chi connectivity index (χ4v) is 3.17. The zero-order valence-electron chi connectivity index (χ0n) is 15.3. The molecule has 0 atom stereocenters. The average molecular weight is 373 g/mol. The van der Waals surface area contributed by atoms with E-state index in [9.17, 15) is 18.0 Å². The number of rotatable bonds is 2. The molecule has 2 saturated heterocycles. The van der Waals surface area contributed by atoms with Crippen molar-refractivity contribution in [1.82, 2.24) is 14.7 Å². The van der Waals surface area contributed by atoms with Crippen LogP contribution in [-0.2, 0) is 14.1 Å². The zero-order valence-corrected chi connectivity index (χ0v) is 15.3. The van der Waals surface area contributed by atoms with Gasteiger partial charge in [0.05, 0.1) is 17.2 Å². The Bertz CT molecular complexity index is 666. The van der Waals surface area contributed by atoms with Crippen molar-refractivity contribution >= 4 is 18.5 Å². The first-order valence-electron chi connectivity index (χ1n) is 8.66. The molecule has 2 aliphatic heterocycles. The Morgan fingerprint density at radius 1 is 1.19 bits per heavy atom. The van der Waals surface area contributed by atoms with Gasteiger partial charge in [-0.25, -0.2) is 0 Å². The lowest BCUT2D eigenvalue weighted by Gasteiger charge is -2.32. The van der Waals surface area contributed by atoms with Crippen LogP contribution in [0.2, 0.25) is 0 Å². The van der Waals surface area contributed by atoms with E-state index in [4.69, 9.17) is 9.31 Å². The molecule has 0 bridgehead atoms. The number of piperidine rings is 1. The normalized spacial score (nSPS) is 23.5. The van der Waals surface area contributed by atoms with Gasteiger partial charge in [0.25, 0.3) is 0 Å². The van der Waals surface area contributed by atoms with E-state index < -0.39 is 30.4 Å². The molecule has 26 heavy (non-hydrogen) atoms. The first kappa shape index (κ1) is 19.2. The highest BCUT2D eigenvalue weighted by atomic mass is 19.4. The maximum Gasteiger partial charge on any atom is 0.498 e. The second-order valence-electron chi connectivity index (χ2n) is 7.86. The molecular formula is C16H23BF3N3O3. The predicted molar refractivity (Wildman–Crippen MR) is 88.8 cm³/mol. The molecule has 144 valence electrons. The van der Waals surface area contributed by atoms with Crippen LogP contribution in [0.5, 0.6) is 0 Å². The van der Waals surface area contributed by atoms with E-state index in [-0.39, 0.29) is 19.1 Å². The summed E-state index contributed by atoms with van der Waals surface area (Å²) in [5.41, 5.74) is -0.135. The van der Waals surface area contributed by atoms with Crippen molar-refractivity contribution in [3.05, 3.63) is 12.4 Å². The molecule has 0 N–H and O–H groups in total. The third-order valence-electron chi connectivity index (χ3n) is 5.52. The summed E-state index contributed by atoms with van der Waals surface area (Å²) in [7, 11) is -0.527. The third-order valence-corrected chi connectivity index (χ3v) is 5.52. The second kappa shape index (κ2) is 6.26. The number of carbonyl (C=O) groups excluding carboxylic acids is 1. The van der Waals surface area contributed by atoms with Gasteiger partial charge < -0.3 is 14.2 Å². The van der Waals surface area contributed by atoms with Gasteiger partial charge in [-0.05, 0) is 40.5 Å². The molecule has 1 aromatic rings.